The number of aromatic nitrogens is 1. The van der Waals surface area contributed by atoms with Crippen LogP contribution in [-0.4, -0.2) is 23.6 Å². The van der Waals surface area contributed by atoms with Crippen molar-refractivity contribution in [2.24, 2.45) is 0 Å². The van der Waals surface area contributed by atoms with Crippen LogP contribution in [0.2, 0.25) is 0 Å². The largest absolute Gasteiger partial charge is 0.378 e. The van der Waals surface area contributed by atoms with Gasteiger partial charge in [-0.3, -0.25) is 9.78 Å². The van der Waals surface area contributed by atoms with Crippen LogP contribution in [0.1, 0.15) is 44.2 Å². The van der Waals surface area contributed by atoms with Crippen LogP contribution >= 0.6 is 0 Å². The van der Waals surface area contributed by atoms with Crippen molar-refractivity contribution >= 4 is 5.91 Å². The van der Waals surface area contributed by atoms with Crippen molar-refractivity contribution in [2.45, 2.75) is 44.8 Å². The maximum atomic E-state index is 11.8. The van der Waals surface area contributed by atoms with Crippen LogP contribution in [-0.2, 0) is 9.53 Å². The number of carbonyl (C=O) groups is 1. The van der Waals surface area contributed by atoms with Gasteiger partial charge in [0.15, 0.2) is 0 Å². The van der Waals surface area contributed by atoms with Crippen LogP contribution in [0, 0.1) is 0 Å². The average molecular weight is 248 g/mol. The summed E-state index contributed by atoms with van der Waals surface area (Å²) in [6.45, 7) is 2.83. The highest BCUT2D eigenvalue weighted by atomic mass is 16.5. The molecule has 1 saturated heterocycles. The molecular weight excluding hydrogens is 228 g/mol. The second-order valence-electron chi connectivity index (χ2n) is 4.74. The molecule has 1 aliphatic rings. The third kappa shape index (κ3) is 3.81. The molecule has 2 atom stereocenters. The average Bonchev–Trinajstić information content (AvgIpc) is 2.90. The smallest absolute Gasteiger partial charge is 0.220 e. The summed E-state index contributed by atoms with van der Waals surface area (Å²) >= 11 is 0. The number of rotatable bonds is 5. The van der Waals surface area contributed by atoms with E-state index in [0.29, 0.717) is 6.42 Å². The zero-order valence-corrected chi connectivity index (χ0v) is 10.8. The van der Waals surface area contributed by atoms with Gasteiger partial charge in [-0.2, -0.15) is 0 Å². The Bertz CT molecular complexity index is 375. The highest BCUT2D eigenvalue weighted by Gasteiger charge is 2.17. The van der Waals surface area contributed by atoms with E-state index in [1.165, 1.54) is 0 Å². The Kier molecular flexibility index (Phi) is 4.70. The molecule has 1 N–H and O–H groups in total. The summed E-state index contributed by atoms with van der Waals surface area (Å²) < 4.78 is 5.50. The van der Waals surface area contributed by atoms with E-state index in [1.54, 1.807) is 12.4 Å². The number of amides is 1. The molecule has 0 bridgehead atoms. The lowest BCUT2D eigenvalue weighted by Crippen LogP contribution is -2.27. The van der Waals surface area contributed by atoms with Gasteiger partial charge in [0, 0.05) is 25.4 Å². The minimum atomic E-state index is 0.0324. The van der Waals surface area contributed by atoms with Gasteiger partial charge < -0.3 is 10.1 Å². The first-order valence-electron chi connectivity index (χ1n) is 6.56. The van der Waals surface area contributed by atoms with Crippen molar-refractivity contribution in [2.75, 3.05) is 6.61 Å². The molecule has 0 saturated carbocycles. The van der Waals surface area contributed by atoms with Gasteiger partial charge in [-0.15, -0.1) is 0 Å². The van der Waals surface area contributed by atoms with Crippen LogP contribution in [0.15, 0.2) is 24.5 Å². The maximum Gasteiger partial charge on any atom is 0.220 e. The highest BCUT2D eigenvalue weighted by molar-refractivity contribution is 5.76. The van der Waals surface area contributed by atoms with Gasteiger partial charge in [-0.25, -0.2) is 0 Å². The molecule has 18 heavy (non-hydrogen) atoms. The van der Waals surface area contributed by atoms with Crippen molar-refractivity contribution in [3.05, 3.63) is 30.1 Å². The molecule has 0 aromatic carbocycles. The van der Waals surface area contributed by atoms with E-state index in [4.69, 9.17) is 4.74 Å². The fourth-order valence-electron chi connectivity index (χ4n) is 2.21. The van der Waals surface area contributed by atoms with Gasteiger partial charge in [-0.05, 0) is 43.9 Å². The number of nitrogens with one attached hydrogen (secondary N) is 1. The zero-order chi connectivity index (χ0) is 12.8. The number of hydrogen-bond donors (Lipinski definition) is 1. The molecule has 2 heterocycles. The van der Waals surface area contributed by atoms with Gasteiger partial charge >= 0.3 is 0 Å². The second kappa shape index (κ2) is 6.50. The predicted octanol–water partition coefficient (Wildman–Crippen LogP) is 2.22. The minimum absolute atomic E-state index is 0.0324. The standard InChI is InChI=1S/C14H20N2O2/c1-11(12-6-8-15-9-7-12)16-14(17)5-4-13-3-2-10-18-13/h6-9,11,13H,2-5,10H2,1H3,(H,16,17). The molecular formula is C14H20N2O2. The fourth-order valence-corrected chi connectivity index (χ4v) is 2.21. The molecule has 2 rings (SSSR count). The zero-order valence-electron chi connectivity index (χ0n) is 10.8. The van der Waals surface area contributed by atoms with Crippen LogP contribution in [0.4, 0.5) is 0 Å². The number of ether oxygens (including phenoxy) is 1. The summed E-state index contributed by atoms with van der Waals surface area (Å²) in [5, 5.41) is 3.00. The monoisotopic (exact) mass is 248 g/mol. The lowest BCUT2D eigenvalue weighted by atomic mass is 10.1. The predicted molar refractivity (Wildman–Crippen MR) is 69.0 cm³/mol. The Hall–Kier alpha value is -1.42. The SMILES string of the molecule is CC(NC(=O)CCC1CCCO1)c1ccncc1. The Labute approximate surface area is 108 Å². The minimum Gasteiger partial charge on any atom is -0.378 e. The fraction of sp³-hybridized carbons (Fsp3) is 0.571. The van der Waals surface area contributed by atoms with E-state index in [-0.39, 0.29) is 18.1 Å². The Morgan fingerprint density at radius 3 is 3.00 bits per heavy atom. The second-order valence-corrected chi connectivity index (χ2v) is 4.74. The number of nitrogens with zero attached hydrogens (tertiary/aromatic N) is 1. The molecule has 1 aromatic heterocycles. The van der Waals surface area contributed by atoms with Crippen LogP contribution < -0.4 is 5.32 Å². The van der Waals surface area contributed by atoms with E-state index in [0.717, 1.165) is 31.4 Å². The van der Waals surface area contributed by atoms with Crippen molar-refractivity contribution in [3.63, 3.8) is 0 Å². The van der Waals surface area contributed by atoms with Crippen molar-refractivity contribution in [1.29, 1.82) is 0 Å². The molecule has 1 aliphatic heterocycles. The van der Waals surface area contributed by atoms with Crippen molar-refractivity contribution in [1.82, 2.24) is 10.3 Å². The molecule has 98 valence electrons. The Morgan fingerprint density at radius 1 is 1.56 bits per heavy atom. The molecule has 1 amide bonds. The number of pyridine rings is 1. The quantitative estimate of drug-likeness (QED) is 0.869. The van der Waals surface area contributed by atoms with Gasteiger partial charge in [-0.1, -0.05) is 0 Å². The van der Waals surface area contributed by atoms with Crippen LogP contribution in [0.5, 0.6) is 0 Å². The van der Waals surface area contributed by atoms with E-state index >= 15 is 0 Å². The third-order valence-electron chi connectivity index (χ3n) is 3.30. The molecule has 0 radical (unpaired) electrons. The summed E-state index contributed by atoms with van der Waals surface area (Å²) in [6.07, 6.45) is 7.35. The molecule has 0 spiro atoms. The summed E-state index contributed by atoms with van der Waals surface area (Å²) in [4.78, 5) is 15.8. The topological polar surface area (TPSA) is 51.2 Å². The van der Waals surface area contributed by atoms with Crippen molar-refractivity contribution in [3.8, 4) is 0 Å². The molecule has 0 aliphatic carbocycles. The normalized spacial score (nSPS) is 20.6. The highest BCUT2D eigenvalue weighted by Crippen LogP contribution is 2.17. The maximum absolute atomic E-state index is 11.8. The number of hydrogen-bond acceptors (Lipinski definition) is 3. The van der Waals surface area contributed by atoms with E-state index in [1.807, 2.05) is 19.1 Å². The summed E-state index contributed by atoms with van der Waals surface area (Å²) in [5.74, 6) is 0.0924. The van der Waals surface area contributed by atoms with E-state index in [9.17, 15) is 4.79 Å². The molecule has 4 heteroatoms. The number of carbonyl (C=O) groups excluding carboxylic acids is 1. The van der Waals surface area contributed by atoms with E-state index in [2.05, 4.69) is 10.3 Å². The van der Waals surface area contributed by atoms with E-state index < -0.39 is 0 Å². The lowest BCUT2D eigenvalue weighted by Gasteiger charge is -2.15. The van der Waals surface area contributed by atoms with Crippen LogP contribution in [0.3, 0.4) is 0 Å². The summed E-state index contributed by atoms with van der Waals surface area (Å²) in [7, 11) is 0. The molecule has 1 aromatic rings. The Balaban J connectivity index is 1.73. The molecule has 4 nitrogen and oxygen atoms in total. The summed E-state index contributed by atoms with van der Waals surface area (Å²) in [5.41, 5.74) is 1.08. The summed E-state index contributed by atoms with van der Waals surface area (Å²) in [6, 6.07) is 3.88. The molecule has 1 fully saturated rings. The first-order valence-corrected chi connectivity index (χ1v) is 6.56. The lowest BCUT2D eigenvalue weighted by molar-refractivity contribution is -0.122. The van der Waals surface area contributed by atoms with Crippen molar-refractivity contribution < 1.29 is 9.53 Å². The van der Waals surface area contributed by atoms with Crippen LogP contribution in [0.25, 0.3) is 0 Å². The Morgan fingerprint density at radius 2 is 2.33 bits per heavy atom. The van der Waals surface area contributed by atoms with Gasteiger partial charge in [0.1, 0.15) is 0 Å². The first kappa shape index (κ1) is 13.0. The molecule has 2 unspecified atom stereocenters. The van der Waals surface area contributed by atoms with Gasteiger partial charge in [0.2, 0.25) is 5.91 Å². The van der Waals surface area contributed by atoms with Gasteiger partial charge in [0.25, 0.3) is 0 Å². The van der Waals surface area contributed by atoms with Gasteiger partial charge in [0.05, 0.1) is 12.1 Å². The third-order valence-corrected chi connectivity index (χ3v) is 3.30. The first-order chi connectivity index (χ1) is 8.75.